The average molecular weight is 383 g/mol. The van der Waals surface area contributed by atoms with Crippen LogP contribution in [0.15, 0.2) is 42.5 Å². The predicted octanol–water partition coefficient (Wildman–Crippen LogP) is 5.55. The molecule has 2 amide bonds. The second-order valence-corrected chi connectivity index (χ2v) is 6.77. The third-order valence-corrected chi connectivity index (χ3v) is 4.56. The third-order valence-electron chi connectivity index (χ3n) is 4.56. The number of hydrogen-bond donors (Lipinski definition) is 2. The molecular weight excluding hydrogens is 352 g/mol. The molecule has 2 N–H and O–H groups in total. The van der Waals surface area contributed by atoms with Crippen LogP contribution in [0.5, 0.6) is 5.75 Å². The zero-order valence-corrected chi connectivity index (χ0v) is 17.0. The van der Waals surface area contributed by atoms with Crippen LogP contribution in [0.3, 0.4) is 0 Å². The lowest BCUT2D eigenvalue weighted by atomic mass is 10.1. The lowest BCUT2D eigenvalue weighted by Gasteiger charge is -2.13. The van der Waals surface area contributed by atoms with Crippen LogP contribution in [0.2, 0.25) is 0 Å². The number of rotatable bonds is 10. The highest BCUT2D eigenvalue weighted by Gasteiger charge is 2.11. The second-order valence-electron chi connectivity index (χ2n) is 6.77. The van der Waals surface area contributed by atoms with Gasteiger partial charge in [0.1, 0.15) is 5.75 Å². The third kappa shape index (κ3) is 6.41. The molecule has 2 aromatic carbocycles. The zero-order chi connectivity index (χ0) is 20.4. The highest BCUT2D eigenvalue weighted by Crippen LogP contribution is 2.24. The summed E-state index contributed by atoms with van der Waals surface area (Å²) >= 11 is 0. The monoisotopic (exact) mass is 382 g/mol. The first kappa shape index (κ1) is 21.5. The Bertz CT molecular complexity index is 785. The largest absolute Gasteiger partial charge is 0.494 e. The number of carbonyl (C=O) groups is 2. The van der Waals surface area contributed by atoms with Crippen molar-refractivity contribution in [3.8, 4) is 5.75 Å². The molecule has 0 atom stereocenters. The van der Waals surface area contributed by atoms with Crippen LogP contribution in [0.25, 0.3) is 0 Å². The van der Waals surface area contributed by atoms with E-state index in [0.29, 0.717) is 30.0 Å². The average Bonchev–Trinajstić information content (AvgIpc) is 2.71. The normalized spacial score (nSPS) is 10.4. The summed E-state index contributed by atoms with van der Waals surface area (Å²) in [6.07, 6.45) is 5.06. The van der Waals surface area contributed by atoms with Gasteiger partial charge in [0.2, 0.25) is 5.91 Å². The fourth-order valence-corrected chi connectivity index (χ4v) is 2.76. The van der Waals surface area contributed by atoms with Crippen LogP contribution in [-0.2, 0) is 4.79 Å². The van der Waals surface area contributed by atoms with E-state index in [1.165, 1.54) is 19.3 Å². The highest BCUT2D eigenvalue weighted by atomic mass is 16.5. The summed E-state index contributed by atoms with van der Waals surface area (Å²) in [6.45, 7) is 6.55. The Balaban J connectivity index is 1.95. The number of unbranched alkanes of at least 4 members (excludes halogenated alkanes) is 3. The summed E-state index contributed by atoms with van der Waals surface area (Å²) in [5, 5.41) is 5.76. The molecule has 0 bridgehead atoms. The molecule has 0 aliphatic heterocycles. The van der Waals surface area contributed by atoms with Crippen molar-refractivity contribution in [1.82, 2.24) is 0 Å². The molecule has 28 heavy (non-hydrogen) atoms. The number of amides is 2. The summed E-state index contributed by atoms with van der Waals surface area (Å²) in [5.74, 6) is 0.516. The summed E-state index contributed by atoms with van der Waals surface area (Å²) in [6, 6.07) is 12.6. The first-order valence-corrected chi connectivity index (χ1v) is 9.98. The summed E-state index contributed by atoms with van der Waals surface area (Å²) in [7, 11) is 0. The second kappa shape index (κ2) is 11.1. The van der Waals surface area contributed by atoms with Crippen LogP contribution in [0, 0.1) is 6.92 Å². The lowest BCUT2D eigenvalue weighted by molar-refractivity contribution is -0.115. The molecule has 0 radical (unpaired) electrons. The van der Waals surface area contributed by atoms with E-state index in [9.17, 15) is 9.59 Å². The van der Waals surface area contributed by atoms with E-state index in [2.05, 4.69) is 17.6 Å². The molecule has 150 valence electrons. The fraction of sp³-hybridized carbons (Fsp3) is 0.391. The Morgan fingerprint density at radius 3 is 2.21 bits per heavy atom. The molecule has 2 rings (SSSR count). The van der Waals surface area contributed by atoms with Gasteiger partial charge in [-0.25, -0.2) is 0 Å². The maximum absolute atomic E-state index is 12.6. The Labute approximate surface area is 167 Å². The first-order chi connectivity index (χ1) is 13.5. The maximum Gasteiger partial charge on any atom is 0.255 e. The number of hydrogen-bond acceptors (Lipinski definition) is 3. The van der Waals surface area contributed by atoms with Crippen LogP contribution in [0.1, 0.15) is 61.9 Å². The van der Waals surface area contributed by atoms with Crippen molar-refractivity contribution in [1.29, 1.82) is 0 Å². The molecule has 5 heteroatoms. The molecule has 0 fully saturated rings. The van der Waals surface area contributed by atoms with Crippen LogP contribution in [-0.4, -0.2) is 18.4 Å². The molecule has 0 aliphatic rings. The summed E-state index contributed by atoms with van der Waals surface area (Å²) < 4.78 is 5.72. The molecule has 2 aromatic rings. The minimum atomic E-state index is -0.198. The van der Waals surface area contributed by atoms with E-state index in [4.69, 9.17) is 4.74 Å². The number of anilines is 2. The zero-order valence-electron chi connectivity index (χ0n) is 17.0. The quantitative estimate of drug-likeness (QED) is 0.529. The predicted molar refractivity (Wildman–Crippen MR) is 114 cm³/mol. The Morgan fingerprint density at radius 2 is 1.57 bits per heavy atom. The Hall–Kier alpha value is -2.82. The topological polar surface area (TPSA) is 67.4 Å². The van der Waals surface area contributed by atoms with Crippen molar-refractivity contribution >= 4 is 23.2 Å². The summed E-state index contributed by atoms with van der Waals surface area (Å²) in [5.41, 5.74) is 2.76. The minimum absolute atomic E-state index is 0.0585. The van der Waals surface area contributed by atoms with E-state index in [0.717, 1.165) is 17.7 Å². The van der Waals surface area contributed by atoms with Gasteiger partial charge in [-0.15, -0.1) is 0 Å². The van der Waals surface area contributed by atoms with Gasteiger partial charge in [-0.3, -0.25) is 9.59 Å². The van der Waals surface area contributed by atoms with Gasteiger partial charge < -0.3 is 15.4 Å². The van der Waals surface area contributed by atoms with E-state index < -0.39 is 0 Å². The first-order valence-electron chi connectivity index (χ1n) is 9.98. The van der Waals surface area contributed by atoms with Gasteiger partial charge in [-0.1, -0.05) is 39.2 Å². The molecule has 0 spiro atoms. The molecule has 0 aliphatic carbocycles. The van der Waals surface area contributed by atoms with Crippen molar-refractivity contribution in [2.75, 3.05) is 17.2 Å². The van der Waals surface area contributed by atoms with E-state index in [1.54, 1.807) is 19.1 Å². The van der Waals surface area contributed by atoms with Gasteiger partial charge in [0.15, 0.2) is 0 Å². The SMILES string of the molecule is CCCCCCOc1ccc(C(=O)Nc2cccc(NC(=O)CC)c2C)cc1. The van der Waals surface area contributed by atoms with E-state index >= 15 is 0 Å². The van der Waals surface area contributed by atoms with Crippen LogP contribution >= 0.6 is 0 Å². The van der Waals surface area contributed by atoms with Gasteiger partial charge in [-0.2, -0.15) is 0 Å². The molecule has 0 aromatic heterocycles. The van der Waals surface area contributed by atoms with Crippen molar-refractivity contribution in [2.45, 2.75) is 52.9 Å². The molecule has 0 saturated carbocycles. The smallest absolute Gasteiger partial charge is 0.255 e. The van der Waals surface area contributed by atoms with Crippen LogP contribution in [0.4, 0.5) is 11.4 Å². The van der Waals surface area contributed by atoms with Gasteiger partial charge in [-0.05, 0) is 55.3 Å². The number of benzene rings is 2. The number of carbonyl (C=O) groups excluding carboxylic acids is 2. The maximum atomic E-state index is 12.6. The van der Waals surface area contributed by atoms with Crippen molar-refractivity contribution in [3.63, 3.8) is 0 Å². The Morgan fingerprint density at radius 1 is 0.893 bits per heavy atom. The molecule has 0 saturated heterocycles. The minimum Gasteiger partial charge on any atom is -0.494 e. The van der Waals surface area contributed by atoms with Gasteiger partial charge in [0, 0.05) is 23.4 Å². The van der Waals surface area contributed by atoms with Gasteiger partial charge >= 0.3 is 0 Å². The molecule has 5 nitrogen and oxygen atoms in total. The highest BCUT2D eigenvalue weighted by molar-refractivity contribution is 6.05. The number of ether oxygens (including phenoxy) is 1. The van der Waals surface area contributed by atoms with E-state index in [1.807, 2.05) is 37.3 Å². The van der Waals surface area contributed by atoms with Gasteiger partial charge in [0.25, 0.3) is 5.91 Å². The van der Waals surface area contributed by atoms with Crippen molar-refractivity contribution in [3.05, 3.63) is 53.6 Å². The molecule has 0 heterocycles. The lowest BCUT2D eigenvalue weighted by Crippen LogP contribution is -2.15. The Kier molecular flexibility index (Phi) is 8.53. The van der Waals surface area contributed by atoms with E-state index in [-0.39, 0.29) is 11.8 Å². The fourth-order valence-electron chi connectivity index (χ4n) is 2.76. The number of nitrogens with one attached hydrogen (secondary N) is 2. The van der Waals surface area contributed by atoms with Crippen molar-refractivity contribution in [2.24, 2.45) is 0 Å². The summed E-state index contributed by atoms with van der Waals surface area (Å²) in [4.78, 5) is 24.2. The van der Waals surface area contributed by atoms with Crippen LogP contribution < -0.4 is 15.4 Å². The standard InChI is InChI=1S/C23H30N2O3/c1-4-6-7-8-16-28-19-14-12-18(13-15-19)23(27)25-21-11-9-10-20(17(21)3)24-22(26)5-2/h9-15H,4-8,16H2,1-3H3,(H,24,26)(H,25,27). The van der Waals surface area contributed by atoms with Gasteiger partial charge in [0.05, 0.1) is 6.61 Å². The van der Waals surface area contributed by atoms with Crippen molar-refractivity contribution < 1.29 is 14.3 Å². The molecule has 0 unspecified atom stereocenters. The molecular formula is C23H30N2O3.